The SMILES string of the molecule is Cc1ccc(NC(=O)COC(=O)CNC(=O)C23CC4CC(CC(C4)C2)C3)cc1Cl. The summed E-state index contributed by atoms with van der Waals surface area (Å²) < 4.78 is 5.00. The Morgan fingerprint density at radius 1 is 1.10 bits per heavy atom. The van der Waals surface area contributed by atoms with E-state index in [0.717, 1.165) is 24.8 Å². The van der Waals surface area contributed by atoms with Gasteiger partial charge in [-0.05, 0) is 80.9 Å². The Kier molecular flexibility index (Phi) is 5.56. The molecule has 29 heavy (non-hydrogen) atoms. The minimum Gasteiger partial charge on any atom is -0.454 e. The number of hydrogen-bond donors (Lipinski definition) is 2. The van der Waals surface area contributed by atoms with Crippen molar-refractivity contribution >= 4 is 35.1 Å². The van der Waals surface area contributed by atoms with Gasteiger partial charge in [0.25, 0.3) is 5.91 Å². The number of rotatable bonds is 6. The second-order valence-corrected chi connectivity index (χ2v) is 9.46. The Hall–Kier alpha value is -2.08. The van der Waals surface area contributed by atoms with E-state index in [1.807, 2.05) is 6.92 Å². The summed E-state index contributed by atoms with van der Waals surface area (Å²) in [5.41, 5.74) is 1.15. The molecule has 1 aromatic carbocycles. The molecular weight excluding hydrogens is 392 g/mol. The lowest BCUT2D eigenvalue weighted by atomic mass is 9.49. The third kappa shape index (κ3) is 4.42. The van der Waals surface area contributed by atoms with Crippen LogP contribution >= 0.6 is 11.6 Å². The zero-order valence-corrected chi connectivity index (χ0v) is 17.4. The first-order valence-electron chi connectivity index (χ1n) is 10.3. The third-order valence-electron chi connectivity index (χ3n) is 6.73. The van der Waals surface area contributed by atoms with Crippen LogP contribution in [0.25, 0.3) is 0 Å². The molecule has 2 amide bonds. The van der Waals surface area contributed by atoms with Crippen LogP contribution < -0.4 is 10.6 Å². The fourth-order valence-corrected chi connectivity index (χ4v) is 5.97. The molecule has 4 bridgehead atoms. The van der Waals surface area contributed by atoms with Crippen molar-refractivity contribution in [2.75, 3.05) is 18.5 Å². The van der Waals surface area contributed by atoms with Gasteiger partial charge in [-0.25, -0.2) is 0 Å². The van der Waals surface area contributed by atoms with E-state index in [4.69, 9.17) is 16.3 Å². The van der Waals surface area contributed by atoms with Gasteiger partial charge in [-0.15, -0.1) is 0 Å². The van der Waals surface area contributed by atoms with Crippen LogP contribution in [0.15, 0.2) is 18.2 Å². The molecule has 2 N–H and O–H groups in total. The van der Waals surface area contributed by atoms with E-state index < -0.39 is 18.5 Å². The van der Waals surface area contributed by atoms with Crippen LogP contribution in [0.4, 0.5) is 5.69 Å². The minimum absolute atomic E-state index is 0.0210. The molecule has 7 heteroatoms. The molecule has 4 aliphatic rings. The van der Waals surface area contributed by atoms with E-state index in [0.29, 0.717) is 28.5 Å². The number of halogens is 1. The zero-order chi connectivity index (χ0) is 20.6. The largest absolute Gasteiger partial charge is 0.454 e. The van der Waals surface area contributed by atoms with Gasteiger partial charge in [0.2, 0.25) is 5.91 Å². The van der Waals surface area contributed by atoms with Crippen LogP contribution in [0.3, 0.4) is 0 Å². The average Bonchev–Trinajstić information content (AvgIpc) is 2.66. The number of nitrogens with one attached hydrogen (secondary N) is 2. The summed E-state index contributed by atoms with van der Waals surface area (Å²) >= 11 is 6.03. The van der Waals surface area contributed by atoms with Gasteiger partial charge in [-0.1, -0.05) is 17.7 Å². The van der Waals surface area contributed by atoms with Crippen LogP contribution in [0.2, 0.25) is 5.02 Å². The number of aryl methyl sites for hydroxylation is 1. The van der Waals surface area contributed by atoms with E-state index in [-0.39, 0.29) is 17.9 Å². The highest BCUT2D eigenvalue weighted by Gasteiger charge is 2.54. The number of anilines is 1. The van der Waals surface area contributed by atoms with Crippen LogP contribution in [-0.2, 0) is 19.1 Å². The molecule has 1 aromatic rings. The lowest BCUT2D eigenvalue weighted by Crippen LogP contribution is -2.54. The molecule has 156 valence electrons. The Morgan fingerprint density at radius 2 is 1.72 bits per heavy atom. The molecule has 0 saturated heterocycles. The Bertz CT molecular complexity index is 803. The van der Waals surface area contributed by atoms with Crippen LogP contribution in [0, 0.1) is 30.1 Å². The Balaban J connectivity index is 1.21. The highest BCUT2D eigenvalue weighted by atomic mass is 35.5. The molecule has 4 saturated carbocycles. The van der Waals surface area contributed by atoms with Gasteiger partial charge in [-0.2, -0.15) is 0 Å². The molecular formula is C22H27ClN2O4. The quantitative estimate of drug-likeness (QED) is 0.693. The fraction of sp³-hybridized carbons (Fsp3) is 0.591. The number of benzene rings is 1. The van der Waals surface area contributed by atoms with E-state index in [1.54, 1.807) is 18.2 Å². The summed E-state index contributed by atoms with van der Waals surface area (Å²) in [5.74, 6) is 0.909. The molecule has 4 fully saturated rings. The second-order valence-electron chi connectivity index (χ2n) is 9.05. The predicted octanol–water partition coefficient (Wildman–Crippen LogP) is 3.46. The van der Waals surface area contributed by atoms with Crippen molar-refractivity contribution in [1.29, 1.82) is 0 Å². The van der Waals surface area contributed by atoms with Crippen LogP contribution in [0.1, 0.15) is 44.1 Å². The number of esters is 1. The Labute approximate surface area is 175 Å². The van der Waals surface area contributed by atoms with E-state index in [9.17, 15) is 14.4 Å². The summed E-state index contributed by atoms with van der Waals surface area (Å²) in [6.07, 6.45) is 6.62. The molecule has 0 heterocycles. The molecule has 0 aliphatic heterocycles. The first-order valence-corrected chi connectivity index (χ1v) is 10.7. The topological polar surface area (TPSA) is 84.5 Å². The highest BCUT2D eigenvalue weighted by Crippen LogP contribution is 2.60. The summed E-state index contributed by atoms with van der Waals surface area (Å²) in [4.78, 5) is 36.8. The molecule has 6 nitrogen and oxygen atoms in total. The highest BCUT2D eigenvalue weighted by molar-refractivity contribution is 6.31. The summed E-state index contributed by atoms with van der Waals surface area (Å²) in [5, 5.41) is 5.94. The summed E-state index contributed by atoms with van der Waals surface area (Å²) in [6.45, 7) is 1.26. The van der Waals surface area contributed by atoms with Crippen LogP contribution in [-0.4, -0.2) is 30.9 Å². The number of ether oxygens (including phenoxy) is 1. The lowest BCUT2D eigenvalue weighted by Gasteiger charge is -2.55. The maximum absolute atomic E-state index is 12.8. The Morgan fingerprint density at radius 3 is 2.31 bits per heavy atom. The van der Waals surface area contributed by atoms with Crippen molar-refractivity contribution in [2.24, 2.45) is 23.2 Å². The van der Waals surface area contributed by atoms with Crippen molar-refractivity contribution in [3.05, 3.63) is 28.8 Å². The summed E-state index contributed by atoms with van der Waals surface area (Å²) in [7, 11) is 0. The van der Waals surface area contributed by atoms with Gasteiger partial charge in [0.1, 0.15) is 6.54 Å². The smallest absolute Gasteiger partial charge is 0.325 e. The number of amides is 2. The molecule has 4 aliphatic carbocycles. The first-order chi connectivity index (χ1) is 13.8. The standard InChI is InChI=1S/C22H27ClN2O4/c1-13-2-3-17(7-18(13)23)25-19(26)12-29-20(27)11-24-21(28)22-8-14-4-15(9-22)6-16(5-14)10-22/h2-3,7,14-16H,4-6,8-12H2,1H3,(H,24,28)(H,25,26). The minimum atomic E-state index is -0.611. The van der Waals surface area contributed by atoms with Gasteiger partial charge >= 0.3 is 5.97 Å². The van der Waals surface area contributed by atoms with Gasteiger partial charge in [0.15, 0.2) is 6.61 Å². The van der Waals surface area contributed by atoms with E-state index in [1.165, 1.54) is 19.3 Å². The first kappa shape index (κ1) is 20.2. The molecule has 0 radical (unpaired) electrons. The summed E-state index contributed by atoms with van der Waals surface area (Å²) in [6, 6.07) is 5.17. The van der Waals surface area contributed by atoms with Gasteiger partial charge in [0, 0.05) is 16.1 Å². The maximum atomic E-state index is 12.8. The monoisotopic (exact) mass is 418 g/mol. The van der Waals surface area contributed by atoms with E-state index in [2.05, 4.69) is 10.6 Å². The zero-order valence-electron chi connectivity index (χ0n) is 16.6. The van der Waals surface area contributed by atoms with Crippen molar-refractivity contribution in [2.45, 2.75) is 45.4 Å². The molecule has 0 aromatic heterocycles. The van der Waals surface area contributed by atoms with Gasteiger partial charge in [0.05, 0.1) is 0 Å². The van der Waals surface area contributed by atoms with Crippen molar-refractivity contribution in [1.82, 2.24) is 5.32 Å². The molecule has 0 spiro atoms. The fourth-order valence-electron chi connectivity index (χ4n) is 5.79. The van der Waals surface area contributed by atoms with Crippen molar-refractivity contribution in [3.63, 3.8) is 0 Å². The van der Waals surface area contributed by atoms with E-state index >= 15 is 0 Å². The molecule has 0 atom stereocenters. The van der Waals surface area contributed by atoms with Crippen molar-refractivity contribution < 1.29 is 19.1 Å². The van der Waals surface area contributed by atoms with Crippen LogP contribution in [0.5, 0.6) is 0 Å². The molecule has 0 unspecified atom stereocenters. The average molecular weight is 419 g/mol. The third-order valence-corrected chi connectivity index (χ3v) is 7.14. The predicted molar refractivity (Wildman–Crippen MR) is 109 cm³/mol. The number of hydrogen-bond acceptors (Lipinski definition) is 4. The van der Waals surface area contributed by atoms with Crippen molar-refractivity contribution in [3.8, 4) is 0 Å². The lowest BCUT2D eigenvalue weighted by molar-refractivity contribution is -0.152. The molecule has 5 rings (SSSR count). The van der Waals surface area contributed by atoms with Gasteiger partial charge in [-0.3, -0.25) is 14.4 Å². The number of carbonyl (C=O) groups excluding carboxylic acids is 3. The second kappa shape index (κ2) is 7.98. The van der Waals surface area contributed by atoms with Gasteiger partial charge < -0.3 is 15.4 Å². The number of carbonyl (C=O) groups is 3. The maximum Gasteiger partial charge on any atom is 0.325 e. The normalized spacial score (nSPS) is 29.4.